The summed E-state index contributed by atoms with van der Waals surface area (Å²) >= 11 is 12.0. The number of benzene rings is 3. The van der Waals surface area contributed by atoms with E-state index in [9.17, 15) is 30.6 Å². The van der Waals surface area contributed by atoms with Crippen LogP contribution in [0.3, 0.4) is 0 Å². The zero-order valence-corrected chi connectivity index (χ0v) is 15.1. The smallest absolute Gasteiger partial charge is 0.157 e. The van der Waals surface area contributed by atoms with Crippen molar-refractivity contribution in [1.29, 1.82) is 0 Å². The summed E-state index contributed by atoms with van der Waals surface area (Å²) in [4.78, 5) is 0. The molecule has 0 radical (unpaired) electrons. The molecule has 0 bridgehead atoms. The Morgan fingerprint density at radius 2 is 1.00 bits per heavy atom. The van der Waals surface area contributed by atoms with Crippen LogP contribution in [0.15, 0.2) is 42.5 Å². The van der Waals surface area contributed by atoms with Crippen molar-refractivity contribution < 1.29 is 30.6 Å². The second-order valence-corrected chi connectivity index (χ2v) is 6.72. The first-order chi connectivity index (χ1) is 12.7. The third-order valence-corrected chi connectivity index (χ3v) is 4.75. The number of phenols is 6. The van der Waals surface area contributed by atoms with Crippen LogP contribution in [0.1, 0.15) is 22.6 Å². The first-order valence-corrected chi connectivity index (χ1v) is 8.39. The molecule has 0 amide bonds. The number of hydrogen-bond donors (Lipinski definition) is 6. The van der Waals surface area contributed by atoms with Gasteiger partial charge >= 0.3 is 0 Å². The molecule has 3 rings (SSSR count). The first-order valence-electron chi connectivity index (χ1n) is 7.63. The van der Waals surface area contributed by atoms with Crippen molar-refractivity contribution in [2.45, 2.75) is 5.92 Å². The van der Waals surface area contributed by atoms with Gasteiger partial charge in [0.25, 0.3) is 0 Å². The quantitative estimate of drug-likeness (QED) is 0.282. The molecular weight excluding hydrogens is 395 g/mol. The molecule has 3 aromatic carbocycles. The normalized spacial score (nSPS) is 11.1. The van der Waals surface area contributed by atoms with Crippen LogP contribution in [0.2, 0.25) is 10.0 Å². The molecule has 0 aromatic heterocycles. The largest absolute Gasteiger partial charge is 0.507 e. The lowest BCUT2D eigenvalue weighted by atomic mass is 9.84. The molecular formula is C19H14Cl2O6. The van der Waals surface area contributed by atoms with Gasteiger partial charge in [-0.3, -0.25) is 0 Å². The Balaban J connectivity index is 2.32. The average molecular weight is 409 g/mol. The van der Waals surface area contributed by atoms with Crippen molar-refractivity contribution >= 4 is 23.2 Å². The van der Waals surface area contributed by atoms with Crippen molar-refractivity contribution in [2.24, 2.45) is 0 Å². The van der Waals surface area contributed by atoms with E-state index in [2.05, 4.69) is 0 Å². The molecule has 0 aliphatic rings. The SMILES string of the molecule is Oc1ccc(C(c2cc(Cl)c(O)cc2O)c2cc(Cl)c(O)cc2O)cc1O. The van der Waals surface area contributed by atoms with Gasteiger partial charge in [-0.15, -0.1) is 0 Å². The lowest BCUT2D eigenvalue weighted by molar-refractivity contribution is 0.403. The summed E-state index contributed by atoms with van der Waals surface area (Å²) in [5.41, 5.74) is 0.763. The van der Waals surface area contributed by atoms with E-state index in [0.29, 0.717) is 5.56 Å². The molecule has 0 atom stereocenters. The van der Waals surface area contributed by atoms with Gasteiger partial charge in [-0.1, -0.05) is 29.3 Å². The molecule has 6 N–H and O–H groups in total. The fourth-order valence-corrected chi connectivity index (χ4v) is 3.19. The van der Waals surface area contributed by atoms with E-state index < -0.39 is 11.7 Å². The van der Waals surface area contributed by atoms with E-state index in [1.54, 1.807) is 0 Å². The van der Waals surface area contributed by atoms with E-state index >= 15 is 0 Å². The molecule has 0 aliphatic carbocycles. The molecule has 27 heavy (non-hydrogen) atoms. The zero-order chi connectivity index (χ0) is 19.9. The minimum Gasteiger partial charge on any atom is -0.507 e. The van der Waals surface area contributed by atoms with Crippen LogP contribution in [-0.2, 0) is 0 Å². The molecule has 0 saturated carbocycles. The van der Waals surface area contributed by atoms with Gasteiger partial charge in [0.15, 0.2) is 11.5 Å². The molecule has 0 heterocycles. The van der Waals surface area contributed by atoms with Crippen molar-refractivity contribution in [3.8, 4) is 34.5 Å². The maximum absolute atomic E-state index is 10.4. The highest BCUT2D eigenvalue weighted by Gasteiger charge is 2.26. The fourth-order valence-electron chi connectivity index (χ4n) is 2.84. The van der Waals surface area contributed by atoms with Crippen molar-refractivity contribution in [3.05, 3.63) is 69.2 Å². The topological polar surface area (TPSA) is 121 Å². The predicted octanol–water partition coefficient (Wildman–Crippen LogP) is 4.41. The second kappa shape index (κ2) is 6.98. The fraction of sp³-hybridized carbons (Fsp3) is 0.0526. The summed E-state index contributed by atoms with van der Waals surface area (Å²) in [6.45, 7) is 0. The Kier molecular flexibility index (Phi) is 4.87. The Morgan fingerprint density at radius 3 is 1.44 bits per heavy atom. The molecule has 0 fully saturated rings. The van der Waals surface area contributed by atoms with Gasteiger partial charge in [-0.25, -0.2) is 0 Å². The molecule has 6 nitrogen and oxygen atoms in total. The van der Waals surface area contributed by atoms with Crippen LogP contribution in [0.25, 0.3) is 0 Å². The Hall–Kier alpha value is -2.96. The number of aromatic hydroxyl groups is 6. The van der Waals surface area contributed by atoms with E-state index in [-0.39, 0.29) is 49.9 Å². The van der Waals surface area contributed by atoms with Crippen molar-refractivity contribution in [2.75, 3.05) is 0 Å². The lowest BCUT2D eigenvalue weighted by Crippen LogP contribution is -2.05. The van der Waals surface area contributed by atoms with Crippen LogP contribution in [0.5, 0.6) is 34.5 Å². The molecule has 3 aromatic rings. The lowest BCUT2D eigenvalue weighted by Gasteiger charge is -2.22. The van der Waals surface area contributed by atoms with Crippen molar-refractivity contribution in [1.82, 2.24) is 0 Å². The molecule has 0 aliphatic heterocycles. The maximum atomic E-state index is 10.4. The Bertz CT molecular complexity index is 978. The molecule has 140 valence electrons. The molecule has 0 saturated heterocycles. The molecule has 0 unspecified atom stereocenters. The van der Waals surface area contributed by atoms with Crippen LogP contribution >= 0.6 is 23.2 Å². The number of rotatable bonds is 3. The average Bonchev–Trinajstić information content (AvgIpc) is 2.60. The van der Waals surface area contributed by atoms with Gasteiger partial charge in [0.05, 0.1) is 10.0 Å². The van der Waals surface area contributed by atoms with Gasteiger partial charge < -0.3 is 30.6 Å². The maximum Gasteiger partial charge on any atom is 0.157 e. The summed E-state index contributed by atoms with van der Waals surface area (Å²) < 4.78 is 0. The van der Waals surface area contributed by atoms with Crippen LogP contribution in [0.4, 0.5) is 0 Å². The predicted molar refractivity (Wildman–Crippen MR) is 100 cm³/mol. The van der Waals surface area contributed by atoms with E-state index in [1.807, 2.05) is 0 Å². The van der Waals surface area contributed by atoms with E-state index in [0.717, 1.165) is 12.1 Å². The standard InChI is InChI=1S/C19H14Cl2O6/c20-11-4-9(14(23)6-16(11)25)19(8-1-2-13(22)18(27)3-8)10-5-12(21)17(26)7-15(10)24/h1-7,19,22-27H. The highest BCUT2D eigenvalue weighted by atomic mass is 35.5. The van der Waals surface area contributed by atoms with Crippen LogP contribution in [0, 0.1) is 0 Å². The van der Waals surface area contributed by atoms with Crippen LogP contribution < -0.4 is 0 Å². The minimum absolute atomic E-state index is 0.0415. The Morgan fingerprint density at radius 1 is 0.519 bits per heavy atom. The van der Waals surface area contributed by atoms with E-state index in [4.69, 9.17) is 23.2 Å². The number of halogens is 2. The summed E-state index contributed by atoms with van der Waals surface area (Å²) in [5.74, 6) is -2.97. The number of phenolic OH excluding ortho intramolecular Hbond substituents is 6. The van der Waals surface area contributed by atoms with Gasteiger partial charge in [0, 0.05) is 29.2 Å². The monoisotopic (exact) mass is 408 g/mol. The van der Waals surface area contributed by atoms with Gasteiger partial charge in [0.2, 0.25) is 0 Å². The molecule has 0 spiro atoms. The third kappa shape index (κ3) is 3.49. The number of hydrogen-bond acceptors (Lipinski definition) is 6. The summed E-state index contributed by atoms with van der Waals surface area (Å²) in [7, 11) is 0. The Labute approximate surface area is 163 Å². The van der Waals surface area contributed by atoms with Gasteiger partial charge in [0.1, 0.15) is 23.0 Å². The third-order valence-electron chi connectivity index (χ3n) is 4.15. The highest BCUT2D eigenvalue weighted by molar-refractivity contribution is 6.32. The van der Waals surface area contributed by atoms with Gasteiger partial charge in [-0.2, -0.15) is 0 Å². The van der Waals surface area contributed by atoms with Crippen LogP contribution in [-0.4, -0.2) is 30.6 Å². The van der Waals surface area contributed by atoms with E-state index in [1.165, 1.54) is 30.3 Å². The minimum atomic E-state index is -0.896. The van der Waals surface area contributed by atoms with Gasteiger partial charge in [-0.05, 0) is 29.8 Å². The molecule has 8 heteroatoms. The highest BCUT2D eigenvalue weighted by Crippen LogP contribution is 2.46. The summed E-state index contributed by atoms with van der Waals surface area (Å²) in [6.07, 6.45) is 0. The first kappa shape index (κ1) is 18.8. The zero-order valence-electron chi connectivity index (χ0n) is 13.6. The summed E-state index contributed by atoms with van der Waals surface area (Å²) in [6, 6.07) is 8.67. The van der Waals surface area contributed by atoms with Crippen molar-refractivity contribution in [3.63, 3.8) is 0 Å². The summed E-state index contributed by atoms with van der Waals surface area (Å²) in [5, 5.41) is 59.5. The second-order valence-electron chi connectivity index (χ2n) is 5.91.